The van der Waals surface area contributed by atoms with Gasteiger partial charge in [0.15, 0.2) is 11.5 Å². The molecule has 122 valence electrons. The van der Waals surface area contributed by atoms with Gasteiger partial charge in [-0.2, -0.15) is 0 Å². The second-order valence-corrected chi connectivity index (χ2v) is 5.15. The molecule has 0 saturated carbocycles. The minimum Gasteiger partial charge on any atom is -0.493 e. The summed E-state index contributed by atoms with van der Waals surface area (Å²) in [5, 5.41) is 0. The van der Waals surface area contributed by atoms with E-state index in [1.165, 1.54) is 0 Å². The van der Waals surface area contributed by atoms with Crippen LogP contribution < -0.4 is 9.47 Å². The second kappa shape index (κ2) is 8.17. The Hall–Kier alpha value is -2.56. The minimum atomic E-state index is 0.101. The maximum atomic E-state index is 12.2. The number of carbonyl (C=O) groups excluding carboxylic acids is 1. The van der Waals surface area contributed by atoms with Crippen molar-refractivity contribution in [3.8, 4) is 11.5 Å². The Bertz CT molecular complexity index is 644. The third-order valence-electron chi connectivity index (χ3n) is 3.57. The highest BCUT2D eigenvalue weighted by atomic mass is 16.5. The zero-order chi connectivity index (χ0) is 16.7. The van der Waals surface area contributed by atoms with Gasteiger partial charge in [0.25, 0.3) is 0 Å². The molecule has 2 aromatic rings. The molecule has 0 fully saturated rings. The lowest BCUT2D eigenvalue weighted by atomic mass is 10.1. The maximum Gasteiger partial charge on any atom is 0.222 e. The third-order valence-corrected chi connectivity index (χ3v) is 3.57. The quantitative estimate of drug-likeness (QED) is 0.788. The smallest absolute Gasteiger partial charge is 0.222 e. The van der Waals surface area contributed by atoms with Crippen LogP contribution in [0.2, 0.25) is 0 Å². The maximum absolute atomic E-state index is 12.2. The summed E-state index contributed by atoms with van der Waals surface area (Å²) in [4.78, 5) is 18.2. The highest BCUT2D eigenvalue weighted by Crippen LogP contribution is 2.28. The zero-order valence-electron chi connectivity index (χ0n) is 13.8. The summed E-state index contributed by atoms with van der Waals surface area (Å²) in [5.41, 5.74) is 2.00. The van der Waals surface area contributed by atoms with E-state index in [4.69, 9.17) is 9.47 Å². The van der Waals surface area contributed by atoms with Crippen LogP contribution in [0.5, 0.6) is 11.5 Å². The number of hydrogen-bond donors (Lipinski definition) is 0. The van der Waals surface area contributed by atoms with E-state index in [0.717, 1.165) is 11.1 Å². The van der Waals surface area contributed by atoms with Gasteiger partial charge >= 0.3 is 0 Å². The molecule has 0 aliphatic carbocycles. The molecule has 2 rings (SSSR count). The van der Waals surface area contributed by atoms with Gasteiger partial charge in [-0.3, -0.25) is 9.78 Å². The summed E-state index contributed by atoms with van der Waals surface area (Å²) < 4.78 is 10.6. The van der Waals surface area contributed by atoms with Gasteiger partial charge < -0.3 is 14.4 Å². The summed E-state index contributed by atoms with van der Waals surface area (Å²) in [5.74, 6) is 1.44. The molecular weight excluding hydrogens is 292 g/mol. The van der Waals surface area contributed by atoms with E-state index < -0.39 is 0 Å². The molecule has 0 bridgehead atoms. The van der Waals surface area contributed by atoms with Gasteiger partial charge in [0.2, 0.25) is 5.91 Å². The lowest BCUT2D eigenvalue weighted by Gasteiger charge is -2.23. The van der Waals surface area contributed by atoms with Crippen molar-refractivity contribution in [2.24, 2.45) is 0 Å². The number of nitrogens with zero attached hydrogens (tertiary/aromatic N) is 2. The average molecular weight is 314 g/mol. The first-order valence-electron chi connectivity index (χ1n) is 7.55. The number of ether oxygens (including phenoxy) is 2. The molecule has 0 saturated heterocycles. The van der Waals surface area contributed by atoms with Crippen LogP contribution in [0.1, 0.15) is 24.5 Å². The second-order valence-electron chi connectivity index (χ2n) is 5.15. The Morgan fingerprint density at radius 1 is 1.09 bits per heavy atom. The van der Waals surface area contributed by atoms with Crippen LogP contribution in [-0.4, -0.2) is 30.0 Å². The molecule has 0 aliphatic heterocycles. The van der Waals surface area contributed by atoms with Gasteiger partial charge in [-0.15, -0.1) is 0 Å². The summed E-state index contributed by atoms with van der Waals surface area (Å²) >= 11 is 0. The summed E-state index contributed by atoms with van der Waals surface area (Å²) in [6.45, 7) is 2.92. The van der Waals surface area contributed by atoms with Crippen molar-refractivity contribution in [3.63, 3.8) is 0 Å². The number of rotatable bonds is 7. The minimum absolute atomic E-state index is 0.101. The van der Waals surface area contributed by atoms with E-state index in [1.54, 1.807) is 26.6 Å². The molecule has 0 unspecified atom stereocenters. The molecule has 0 spiro atoms. The first-order chi connectivity index (χ1) is 11.2. The molecular formula is C18H22N2O3. The topological polar surface area (TPSA) is 51.7 Å². The molecule has 1 aromatic heterocycles. The largest absolute Gasteiger partial charge is 0.493 e. The number of aromatic nitrogens is 1. The van der Waals surface area contributed by atoms with Gasteiger partial charge in [0, 0.05) is 31.9 Å². The number of carbonyl (C=O) groups is 1. The molecule has 5 heteroatoms. The predicted octanol–water partition coefficient (Wildman–Crippen LogP) is 3.04. The van der Waals surface area contributed by atoms with Crippen molar-refractivity contribution in [1.29, 1.82) is 0 Å². The molecule has 1 heterocycles. The van der Waals surface area contributed by atoms with Crippen LogP contribution in [0.3, 0.4) is 0 Å². The SMILES string of the molecule is CCC(=O)N(Cc1cccnc1)Cc1ccc(OC)c(OC)c1. The van der Waals surface area contributed by atoms with Gasteiger partial charge in [-0.05, 0) is 29.3 Å². The Morgan fingerprint density at radius 3 is 2.43 bits per heavy atom. The van der Waals surface area contributed by atoms with Gasteiger partial charge in [0.05, 0.1) is 14.2 Å². The van der Waals surface area contributed by atoms with Crippen molar-refractivity contribution in [1.82, 2.24) is 9.88 Å². The molecule has 0 atom stereocenters. The number of hydrogen-bond acceptors (Lipinski definition) is 4. The van der Waals surface area contributed by atoms with E-state index in [1.807, 2.05) is 42.2 Å². The lowest BCUT2D eigenvalue weighted by molar-refractivity contribution is -0.132. The predicted molar refractivity (Wildman–Crippen MR) is 88.3 cm³/mol. The fourth-order valence-corrected chi connectivity index (χ4v) is 2.37. The Morgan fingerprint density at radius 2 is 1.83 bits per heavy atom. The normalized spacial score (nSPS) is 10.2. The van der Waals surface area contributed by atoms with Gasteiger partial charge in [-0.25, -0.2) is 0 Å². The number of benzene rings is 1. The van der Waals surface area contributed by atoms with Crippen LogP contribution in [0, 0.1) is 0 Å². The molecule has 0 radical (unpaired) electrons. The van der Waals surface area contributed by atoms with Crippen molar-refractivity contribution in [2.45, 2.75) is 26.4 Å². The summed E-state index contributed by atoms with van der Waals surface area (Å²) in [6, 6.07) is 9.54. The van der Waals surface area contributed by atoms with Crippen molar-refractivity contribution in [2.75, 3.05) is 14.2 Å². The monoisotopic (exact) mass is 314 g/mol. The number of methoxy groups -OCH3 is 2. The van der Waals surface area contributed by atoms with Crippen molar-refractivity contribution < 1.29 is 14.3 Å². The van der Waals surface area contributed by atoms with Crippen LogP contribution in [0.25, 0.3) is 0 Å². The highest BCUT2D eigenvalue weighted by Gasteiger charge is 2.14. The first-order valence-corrected chi connectivity index (χ1v) is 7.55. The Kier molecular flexibility index (Phi) is 5.97. The molecule has 1 amide bonds. The standard InChI is InChI=1S/C18H22N2O3/c1-4-18(21)20(13-15-6-5-9-19-11-15)12-14-7-8-16(22-2)17(10-14)23-3/h5-11H,4,12-13H2,1-3H3. The van der Waals surface area contributed by atoms with E-state index in [9.17, 15) is 4.79 Å². The molecule has 0 N–H and O–H groups in total. The van der Waals surface area contributed by atoms with E-state index >= 15 is 0 Å². The molecule has 23 heavy (non-hydrogen) atoms. The van der Waals surface area contributed by atoms with Crippen LogP contribution in [0.4, 0.5) is 0 Å². The van der Waals surface area contributed by atoms with E-state index in [0.29, 0.717) is 31.0 Å². The Balaban J connectivity index is 2.19. The first kappa shape index (κ1) is 16.8. The van der Waals surface area contributed by atoms with Crippen molar-refractivity contribution in [3.05, 3.63) is 53.9 Å². The van der Waals surface area contributed by atoms with Gasteiger partial charge in [-0.1, -0.05) is 19.1 Å². The fraction of sp³-hybridized carbons (Fsp3) is 0.333. The average Bonchev–Trinajstić information content (AvgIpc) is 2.61. The highest BCUT2D eigenvalue weighted by molar-refractivity contribution is 5.75. The molecule has 1 aromatic carbocycles. The van der Waals surface area contributed by atoms with Crippen LogP contribution in [0.15, 0.2) is 42.7 Å². The van der Waals surface area contributed by atoms with Crippen molar-refractivity contribution >= 4 is 5.91 Å². The Labute approximate surface area is 136 Å². The number of pyridine rings is 1. The third kappa shape index (κ3) is 4.45. The van der Waals surface area contributed by atoms with Gasteiger partial charge in [0.1, 0.15) is 0 Å². The molecule has 5 nitrogen and oxygen atoms in total. The van der Waals surface area contributed by atoms with Crippen LogP contribution >= 0.6 is 0 Å². The van der Waals surface area contributed by atoms with Crippen LogP contribution in [-0.2, 0) is 17.9 Å². The zero-order valence-corrected chi connectivity index (χ0v) is 13.8. The number of amides is 1. The summed E-state index contributed by atoms with van der Waals surface area (Å²) in [7, 11) is 3.21. The lowest BCUT2D eigenvalue weighted by Crippen LogP contribution is -2.29. The van der Waals surface area contributed by atoms with E-state index in [-0.39, 0.29) is 5.91 Å². The van der Waals surface area contributed by atoms with E-state index in [2.05, 4.69) is 4.98 Å². The fourth-order valence-electron chi connectivity index (χ4n) is 2.37. The molecule has 0 aliphatic rings. The summed E-state index contributed by atoms with van der Waals surface area (Å²) in [6.07, 6.45) is 3.97.